The fourth-order valence-corrected chi connectivity index (χ4v) is 5.54. The molecule has 0 aliphatic carbocycles. The number of nitrogens with one attached hydrogen (secondary N) is 1. The van der Waals surface area contributed by atoms with Crippen LogP contribution in [-0.2, 0) is 19.5 Å². The fraction of sp³-hybridized carbons (Fsp3) is 0.650. The molecule has 1 aromatic heterocycles. The molecule has 4 aliphatic heterocycles. The van der Waals surface area contributed by atoms with E-state index in [0.29, 0.717) is 23.6 Å². The van der Waals surface area contributed by atoms with Crippen molar-refractivity contribution in [2.45, 2.75) is 50.6 Å². The van der Waals surface area contributed by atoms with Gasteiger partial charge >= 0.3 is 16.4 Å². The number of anilines is 3. The lowest BCUT2D eigenvalue weighted by atomic mass is 10.0. The summed E-state index contributed by atoms with van der Waals surface area (Å²) in [6.07, 6.45) is 5.15. The van der Waals surface area contributed by atoms with E-state index in [9.17, 15) is 18.0 Å². The lowest BCUT2D eigenvalue weighted by molar-refractivity contribution is -0.120. The number of pyridine rings is 1. The third-order valence-electron chi connectivity index (χ3n) is 6.75. The van der Waals surface area contributed by atoms with Crippen molar-refractivity contribution in [2.24, 2.45) is 0 Å². The molecular formula is C20H28N6O6S. The number of carbonyl (C=O) groups excluding carboxylic acids is 2. The van der Waals surface area contributed by atoms with Crippen molar-refractivity contribution in [3.8, 4) is 0 Å². The standard InChI is InChI=1S/C20H28N6O6S/c27-19(16-7-5-14-13-25(16)20(28)26(14)32-33(29,30)31)21-15-6-8-17(23-9-1-2-10-23)22-18(15)24-11-3-4-12-24/h6,8,14,16H,1-5,7,9-13H2,(H,21,27)(H,29,30,31)/t14-,16+/m1/s1. The van der Waals surface area contributed by atoms with Crippen LogP contribution >= 0.6 is 0 Å². The number of fused-ring (bicyclic) bond motifs is 2. The van der Waals surface area contributed by atoms with Crippen LogP contribution < -0.4 is 15.1 Å². The van der Waals surface area contributed by atoms with Crippen LogP contribution in [0.1, 0.15) is 38.5 Å². The molecule has 5 rings (SSSR count). The van der Waals surface area contributed by atoms with Crippen molar-refractivity contribution in [3.05, 3.63) is 12.1 Å². The van der Waals surface area contributed by atoms with Gasteiger partial charge in [-0.15, -0.1) is 4.28 Å². The van der Waals surface area contributed by atoms with Crippen molar-refractivity contribution in [1.29, 1.82) is 0 Å². The van der Waals surface area contributed by atoms with E-state index in [1.165, 1.54) is 4.90 Å². The summed E-state index contributed by atoms with van der Waals surface area (Å²) in [6.45, 7) is 3.84. The third-order valence-corrected chi connectivity index (χ3v) is 7.10. The SMILES string of the molecule is O=C(Nc1ccc(N2CCCC2)nc1N1CCCC1)[C@@H]1CC[C@@H]2CN1C(=O)N2OS(=O)(=O)O. The molecule has 4 fully saturated rings. The Morgan fingerprint density at radius 2 is 1.73 bits per heavy atom. The lowest BCUT2D eigenvalue weighted by Crippen LogP contribution is -2.47. The molecule has 1 aromatic rings. The van der Waals surface area contributed by atoms with Gasteiger partial charge < -0.3 is 20.0 Å². The van der Waals surface area contributed by atoms with E-state index in [2.05, 4.69) is 19.4 Å². The van der Waals surface area contributed by atoms with Crippen LogP contribution in [0.15, 0.2) is 12.1 Å². The molecule has 0 saturated carbocycles. The van der Waals surface area contributed by atoms with Crippen molar-refractivity contribution >= 4 is 39.7 Å². The molecule has 3 amide bonds. The molecule has 2 N–H and O–H groups in total. The van der Waals surface area contributed by atoms with Gasteiger partial charge in [0.25, 0.3) is 0 Å². The van der Waals surface area contributed by atoms with Crippen LogP contribution in [0.3, 0.4) is 0 Å². The number of hydrogen-bond donors (Lipinski definition) is 2. The zero-order chi connectivity index (χ0) is 23.2. The van der Waals surface area contributed by atoms with Crippen LogP contribution in [-0.4, -0.2) is 84.7 Å². The van der Waals surface area contributed by atoms with E-state index in [4.69, 9.17) is 9.54 Å². The number of piperidine rings is 1. The highest BCUT2D eigenvalue weighted by atomic mass is 32.3. The number of hydrogen-bond acceptors (Lipinski definition) is 8. The highest BCUT2D eigenvalue weighted by molar-refractivity contribution is 7.80. The predicted molar refractivity (Wildman–Crippen MR) is 119 cm³/mol. The zero-order valence-electron chi connectivity index (χ0n) is 18.2. The maximum Gasteiger partial charge on any atom is 0.418 e. The summed E-state index contributed by atoms with van der Waals surface area (Å²) in [7, 11) is -4.83. The van der Waals surface area contributed by atoms with Crippen molar-refractivity contribution in [1.82, 2.24) is 14.9 Å². The molecule has 4 saturated heterocycles. The maximum absolute atomic E-state index is 13.2. The molecule has 4 aliphatic rings. The third kappa shape index (κ3) is 4.44. The first kappa shape index (κ1) is 22.2. The summed E-state index contributed by atoms with van der Waals surface area (Å²) >= 11 is 0. The first-order valence-corrected chi connectivity index (χ1v) is 12.8. The highest BCUT2D eigenvalue weighted by Gasteiger charge is 2.49. The summed E-state index contributed by atoms with van der Waals surface area (Å²) in [4.78, 5) is 36.5. The Hall–Kier alpha value is -2.64. The van der Waals surface area contributed by atoms with Crippen LogP contribution in [0.25, 0.3) is 0 Å². The van der Waals surface area contributed by atoms with E-state index in [-0.39, 0.29) is 12.5 Å². The average Bonchev–Trinajstić information content (AvgIpc) is 3.53. The van der Waals surface area contributed by atoms with Crippen molar-refractivity contribution < 1.29 is 26.8 Å². The lowest BCUT2D eigenvalue weighted by Gasteiger charge is -2.30. The van der Waals surface area contributed by atoms with Crippen molar-refractivity contribution in [2.75, 3.05) is 47.8 Å². The Kier molecular flexibility index (Phi) is 5.79. The molecule has 0 radical (unpaired) electrons. The molecular weight excluding hydrogens is 452 g/mol. The monoisotopic (exact) mass is 480 g/mol. The van der Waals surface area contributed by atoms with E-state index < -0.39 is 28.5 Å². The summed E-state index contributed by atoms with van der Waals surface area (Å²) in [5.41, 5.74) is 0.602. The number of nitrogens with zero attached hydrogens (tertiary/aromatic N) is 5. The van der Waals surface area contributed by atoms with Gasteiger partial charge in [-0.05, 0) is 50.7 Å². The maximum atomic E-state index is 13.2. The number of carbonyl (C=O) groups is 2. The summed E-state index contributed by atoms with van der Waals surface area (Å²) < 4.78 is 35.6. The molecule has 0 spiro atoms. The van der Waals surface area contributed by atoms with E-state index in [0.717, 1.165) is 63.5 Å². The smallest absolute Gasteiger partial charge is 0.357 e. The molecule has 0 unspecified atom stereocenters. The van der Waals surface area contributed by atoms with Crippen LogP contribution in [0.4, 0.5) is 22.1 Å². The van der Waals surface area contributed by atoms with Gasteiger partial charge in [-0.3, -0.25) is 9.35 Å². The van der Waals surface area contributed by atoms with Gasteiger partial charge in [0.2, 0.25) is 5.91 Å². The van der Waals surface area contributed by atoms with E-state index >= 15 is 0 Å². The quantitative estimate of drug-likeness (QED) is 0.576. The minimum atomic E-state index is -4.83. The zero-order valence-corrected chi connectivity index (χ0v) is 19.0. The fourth-order valence-electron chi connectivity index (χ4n) is 5.15. The van der Waals surface area contributed by atoms with Gasteiger partial charge in [-0.1, -0.05) is 0 Å². The Bertz CT molecular complexity index is 1040. The van der Waals surface area contributed by atoms with Gasteiger partial charge in [-0.25, -0.2) is 9.78 Å². The van der Waals surface area contributed by atoms with Crippen molar-refractivity contribution in [3.63, 3.8) is 0 Å². The van der Waals surface area contributed by atoms with E-state index in [1.807, 2.05) is 12.1 Å². The topological polar surface area (TPSA) is 136 Å². The van der Waals surface area contributed by atoms with Crippen LogP contribution in [0.2, 0.25) is 0 Å². The molecule has 33 heavy (non-hydrogen) atoms. The van der Waals surface area contributed by atoms with Gasteiger partial charge in [0, 0.05) is 32.7 Å². The minimum absolute atomic E-state index is 0.150. The Labute approximate surface area is 192 Å². The number of aromatic nitrogens is 1. The Balaban J connectivity index is 1.35. The highest BCUT2D eigenvalue weighted by Crippen LogP contribution is 2.34. The largest absolute Gasteiger partial charge is 0.418 e. The average molecular weight is 481 g/mol. The molecule has 180 valence electrons. The summed E-state index contributed by atoms with van der Waals surface area (Å²) in [5.74, 6) is 1.29. The Morgan fingerprint density at radius 3 is 2.39 bits per heavy atom. The second-order valence-electron chi connectivity index (χ2n) is 8.93. The van der Waals surface area contributed by atoms with Gasteiger partial charge in [0.05, 0.1) is 11.7 Å². The Morgan fingerprint density at radius 1 is 1.06 bits per heavy atom. The normalized spacial score (nSPS) is 25.3. The number of hydroxylamine groups is 2. The van der Waals surface area contributed by atoms with Gasteiger partial charge in [0.1, 0.15) is 11.9 Å². The van der Waals surface area contributed by atoms with Gasteiger partial charge in [0.15, 0.2) is 5.82 Å². The second kappa shape index (κ2) is 8.61. The molecule has 5 heterocycles. The number of rotatable bonds is 6. The number of amides is 3. The molecule has 12 nitrogen and oxygen atoms in total. The van der Waals surface area contributed by atoms with Crippen LogP contribution in [0, 0.1) is 0 Å². The summed E-state index contributed by atoms with van der Waals surface area (Å²) in [5, 5.41) is 3.60. The number of urea groups is 1. The predicted octanol–water partition coefficient (Wildman–Crippen LogP) is 1.22. The van der Waals surface area contributed by atoms with Crippen LogP contribution in [0.5, 0.6) is 0 Å². The van der Waals surface area contributed by atoms with Gasteiger partial charge in [-0.2, -0.15) is 13.5 Å². The first-order chi connectivity index (χ1) is 15.8. The molecule has 13 heteroatoms. The second-order valence-corrected chi connectivity index (χ2v) is 9.93. The van der Waals surface area contributed by atoms with E-state index in [1.54, 1.807) is 0 Å². The first-order valence-electron chi connectivity index (χ1n) is 11.4. The molecule has 2 atom stereocenters. The molecule has 2 bridgehead atoms. The molecule has 0 aromatic carbocycles. The minimum Gasteiger partial charge on any atom is -0.357 e. The summed E-state index contributed by atoms with van der Waals surface area (Å²) in [6, 6.07) is 1.73.